The Balaban J connectivity index is 2.37. The maximum absolute atomic E-state index is 13.2. The molecule has 0 aliphatic carbocycles. The van der Waals surface area contributed by atoms with Gasteiger partial charge >= 0.3 is 6.09 Å². The second-order valence-electron chi connectivity index (χ2n) is 5.63. The van der Waals surface area contributed by atoms with Gasteiger partial charge in [-0.2, -0.15) is 0 Å². The van der Waals surface area contributed by atoms with Crippen molar-refractivity contribution in [3.8, 4) is 0 Å². The van der Waals surface area contributed by atoms with Gasteiger partial charge in [-0.15, -0.1) is 0 Å². The number of carbonyl (C=O) groups excluding carboxylic acids is 1. The van der Waals surface area contributed by atoms with Crippen LogP contribution >= 0.6 is 0 Å². The van der Waals surface area contributed by atoms with Gasteiger partial charge in [-0.05, 0) is 44.9 Å². The third-order valence-electron chi connectivity index (χ3n) is 2.53. The fraction of sp³-hybridized carbons (Fsp3) is 0.438. The largest absolute Gasteiger partial charge is 0.444 e. The molecule has 0 aliphatic heterocycles. The number of hydrogen-bond donors (Lipinski definition) is 2. The van der Waals surface area contributed by atoms with E-state index in [1.54, 1.807) is 32.9 Å². The zero-order valence-electron chi connectivity index (χ0n) is 12.6. The minimum Gasteiger partial charge on any atom is -0.444 e. The molecule has 0 spiro atoms. The van der Waals surface area contributed by atoms with Gasteiger partial charge in [0.15, 0.2) is 0 Å². The molecule has 0 heterocycles. The van der Waals surface area contributed by atoms with E-state index in [-0.39, 0.29) is 12.2 Å². The molecule has 1 aromatic rings. The second kappa shape index (κ2) is 7.78. The highest BCUT2D eigenvalue weighted by atomic mass is 19.1. The van der Waals surface area contributed by atoms with Crippen molar-refractivity contribution in [3.63, 3.8) is 0 Å². The molecular weight excluding hydrogens is 273 g/mol. The summed E-state index contributed by atoms with van der Waals surface area (Å²) in [5.74, 6) is -0.416. The standard InChI is InChI=1S/C16H22FNO3/c1-16(2,3)21-15(20)18-9-5-4-6-12-7-8-14(17)13(10-12)11-19/h4,6-8,10,19H,5,9,11H2,1-3H3,(H,18,20). The third kappa shape index (κ3) is 6.90. The number of nitrogens with one attached hydrogen (secondary N) is 1. The Kier molecular flexibility index (Phi) is 6.37. The highest BCUT2D eigenvalue weighted by molar-refractivity contribution is 5.67. The Bertz CT molecular complexity index is 507. The lowest BCUT2D eigenvalue weighted by Gasteiger charge is -2.19. The number of carbonyl (C=O) groups is 1. The number of hydrogen-bond acceptors (Lipinski definition) is 3. The minimum atomic E-state index is -0.505. The summed E-state index contributed by atoms with van der Waals surface area (Å²) in [6.45, 7) is 5.55. The maximum Gasteiger partial charge on any atom is 0.407 e. The second-order valence-corrected chi connectivity index (χ2v) is 5.63. The molecule has 0 aliphatic rings. The molecule has 2 N–H and O–H groups in total. The smallest absolute Gasteiger partial charge is 0.407 e. The van der Waals surface area contributed by atoms with Crippen molar-refractivity contribution in [1.29, 1.82) is 0 Å². The zero-order chi connectivity index (χ0) is 15.9. The van der Waals surface area contributed by atoms with Crippen LogP contribution in [0.4, 0.5) is 9.18 Å². The van der Waals surface area contributed by atoms with Gasteiger partial charge in [0, 0.05) is 12.1 Å². The Morgan fingerprint density at radius 1 is 1.43 bits per heavy atom. The highest BCUT2D eigenvalue weighted by Gasteiger charge is 2.15. The molecule has 0 bridgehead atoms. The van der Waals surface area contributed by atoms with Crippen LogP contribution in [0, 0.1) is 5.82 Å². The van der Waals surface area contributed by atoms with Crippen LogP contribution in [0.2, 0.25) is 0 Å². The normalized spacial score (nSPS) is 11.7. The van der Waals surface area contributed by atoms with Gasteiger partial charge in [0.05, 0.1) is 6.61 Å². The monoisotopic (exact) mass is 295 g/mol. The lowest BCUT2D eigenvalue weighted by atomic mass is 10.1. The summed E-state index contributed by atoms with van der Waals surface area (Å²) in [5.41, 5.74) is 0.566. The molecular formula is C16H22FNO3. The first-order chi connectivity index (χ1) is 9.81. The summed E-state index contributed by atoms with van der Waals surface area (Å²) in [6, 6.07) is 4.55. The average molecular weight is 295 g/mol. The molecule has 4 nitrogen and oxygen atoms in total. The summed E-state index contributed by atoms with van der Waals surface area (Å²) in [7, 11) is 0. The van der Waals surface area contributed by atoms with E-state index in [1.807, 2.05) is 12.2 Å². The quantitative estimate of drug-likeness (QED) is 0.820. The number of ether oxygens (including phenoxy) is 1. The first-order valence-electron chi connectivity index (χ1n) is 6.84. The third-order valence-corrected chi connectivity index (χ3v) is 2.53. The van der Waals surface area contributed by atoms with E-state index in [1.165, 1.54) is 6.07 Å². The number of benzene rings is 1. The van der Waals surface area contributed by atoms with Gasteiger partial charge in [0.2, 0.25) is 0 Å². The lowest BCUT2D eigenvalue weighted by Crippen LogP contribution is -2.32. The van der Waals surface area contributed by atoms with Gasteiger partial charge < -0.3 is 15.2 Å². The molecule has 1 aromatic carbocycles. The molecule has 0 saturated carbocycles. The number of amides is 1. The predicted molar refractivity (Wildman–Crippen MR) is 80.2 cm³/mol. The van der Waals surface area contributed by atoms with E-state index in [0.717, 1.165) is 5.56 Å². The molecule has 0 fully saturated rings. The number of halogens is 1. The summed E-state index contributed by atoms with van der Waals surface area (Å²) in [6.07, 6.45) is 3.87. The van der Waals surface area contributed by atoms with Crippen molar-refractivity contribution < 1.29 is 19.0 Å². The predicted octanol–water partition coefficient (Wildman–Crippen LogP) is 3.25. The van der Waals surface area contributed by atoms with Gasteiger partial charge in [0.1, 0.15) is 11.4 Å². The number of aliphatic hydroxyl groups is 1. The van der Waals surface area contributed by atoms with Crippen LogP contribution in [0.1, 0.15) is 38.3 Å². The van der Waals surface area contributed by atoms with Crippen molar-refractivity contribution >= 4 is 12.2 Å². The van der Waals surface area contributed by atoms with Crippen molar-refractivity contribution in [2.24, 2.45) is 0 Å². The SMILES string of the molecule is CC(C)(C)OC(=O)NCCC=Cc1ccc(F)c(CO)c1. The Labute approximate surface area is 124 Å². The van der Waals surface area contributed by atoms with Crippen LogP contribution in [0.25, 0.3) is 6.08 Å². The first kappa shape index (κ1) is 17.2. The van der Waals surface area contributed by atoms with Crippen LogP contribution < -0.4 is 5.32 Å². The summed E-state index contributed by atoms with van der Waals surface area (Å²) in [5, 5.41) is 11.6. The van der Waals surface area contributed by atoms with E-state index in [2.05, 4.69) is 5.32 Å². The van der Waals surface area contributed by atoms with E-state index in [0.29, 0.717) is 13.0 Å². The summed E-state index contributed by atoms with van der Waals surface area (Å²) in [4.78, 5) is 11.4. The van der Waals surface area contributed by atoms with Crippen molar-refractivity contribution in [2.75, 3.05) is 6.54 Å². The Morgan fingerprint density at radius 2 is 2.14 bits per heavy atom. The topological polar surface area (TPSA) is 58.6 Å². The molecule has 21 heavy (non-hydrogen) atoms. The van der Waals surface area contributed by atoms with Crippen LogP contribution in [0.5, 0.6) is 0 Å². The first-order valence-corrected chi connectivity index (χ1v) is 6.84. The maximum atomic E-state index is 13.2. The van der Waals surface area contributed by atoms with E-state index >= 15 is 0 Å². The highest BCUT2D eigenvalue weighted by Crippen LogP contribution is 2.12. The van der Waals surface area contributed by atoms with Gasteiger partial charge in [-0.25, -0.2) is 9.18 Å². The van der Waals surface area contributed by atoms with E-state index < -0.39 is 17.5 Å². The molecule has 116 valence electrons. The van der Waals surface area contributed by atoms with Crippen LogP contribution in [-0.2, 0) is 11.3 Å². The molecule has 5 heteroatoms. The molecule has 1 amide bonds. The molecule has 0 saturated heterocycles. The Hall–Kier alpha value is -1.88. The summed E-state index contributed by atoms with van der Waals surface area (Å²) < 4.78 is 18.3. The average Bonchev–Trinajstić information content (AvgIpc) is 2.38. The fourth-order valence-corrected chi connectivity index (χ4v) is 1.61. The van der Waals surface area contributed by atoms with Gasteiger partial charge in [0.25, 0.3) is 0 Å². The van der Waals surface area contributed by atoms with E-state index in [9.17, 15) is 9.18 Å². The molecule has 0 radical (unpaired) electrons. The molecule has 1 rings (SSSR count). The Morgan fingerprint density at radius 3 is 2.76 bits per heavy atom. The fourth-order valence-electron chi connectivity index (χ4n) is 1.61. The van der Waals surface area contributed by atoms with Crippen LogP contribution in [-0.4, -0.2) is 23.3 Å². The number of alkyl carbamates (subject to hydrolysis) is 1. The summed E-state index contributed by atoms with van der Waals surface area (Å²) >= 11 is 0. The van der Waals surface area contributed by atoms with Crippen molar-refractivity contribution in [3.05, 3.63) is 41.2 Å². The number of rotatable bonds is 5. The molecule has 0 unspecified atom stereocenters. The van der Waals surface area contributed by atoms with Gasteiger partial charge in [-0.1, -0.05) is 18.2 Å². The van der Waals surface area contributed by atoms with Crippen molar-refractivity contribution in [2.45, 2.75) is 39.4 Å². The van der Waals surface area contributed by atoms with Gasteiger partial charge in [-0.3, -0.25) is 0 Å². The lowest BCUT2D eigenvalue weighted by molar-refractivity contribution is 0.0529. The van der Waals surface area contributed by atoms with Crippen LogP contribution in [0.15, 0.2) is 24.3 Å². The van der Waals surface area contributed by atoms with Crippen LogP contribution in [0.3, 0.4) is 0 Å². The van der Waals surface area contributed by atoms with E-state index in [4.69, 9.17) is 9.84 Å². The molecule has 0 atom stereocenters. The zero-order valence-corrected chi connectivity index (χ0v) is 12.6. The van der Waals surface area contributed by atoms with Crippen molar-refractivity contribution in [1.82, 2.24) is 5.32 Å². The minimum absolute atomic E-state index is 0.268. The molecule has 0 aromatic heterocycles. The number of aliphatic hydroxyl groups excluding tert-OH is 1.